The Morgan fingerprint density at radius 1 is 1.50 bits per heavy atom. The van der Waals surface area contributed by atoms with E-state index in [1.54, 1.807) is 0 Å². The lowest BCUT2D eigenvalue weighted by Crippen LogP contribution is -2.32. The van der Waals surface area contributed by atoms with Crippen LogP contribution in [0.15, 0.2) is 11.5 Å². The predicted octanol–water partition coefficient (Wildman–Crippen LogP) is -0.270. The number of aliphatic carboxylic acids is 2. The Morgan fingerprint density at radius 2 is 2.08 bits per heavy atom. The zero-order chi connectivity index (χ0) is 9.56. The van der Waals surface area contributed by atoms with Crippen molar-refractivity contribution in [3.05, 3.63) is 11.5 Å². The van der Waals surface area contributed by atoms with E-state index in [9.17, 15) is 9.59 Å². The quantitative estimate of drug-likeness (QED) is 0.517. The molecule has 0 radical (unpaired) electrons. The molecule has 1 atom stereocenters. The van der Waals surface area contributed by atoms with Gasteiger partial charge in [-0.2, -0.15) is 0 Å². The van der Waals surface area contributed by atoms with Gasteiger partial charge in [-0.1, -0.05) is 0 Å². The topological polar surface area (TPSA) is 101 Å². The Kier molecular flexibility index (Phi) is 5.14. The summed E-state index contributed by atoms with van der Waals surface area (Å²) >= 11 is 1.05. The molecule has 0 aromatic rings. The summed E-state index contributed by atoms with van der Waals surface area (Å²) in [5, 5.41) is 17.7. The van der Waals surface area contributed by atoms with Crippen LogP contribution in [0.1, 0.15) is 0 Å². The van der Waals surface area contributed by atoms with Crippen LogP contribution in [0.5, 0.6) is 0 Å². The predicted molar refractivity (Wildman–Crippen MR) is 44.8 cm³/mol. The van der Waals surface area contributed by atoms with Crippen molar-refractivity contribution in [1.29, 1.82) is 0 Å². The molecule has 0 amide bonds. The highest BCUT2D eigenvalue weighted by Gasteiger charge is 2.09. The zero-order valence-electron chi connectivity index (χ0n) is 6.14. The molecule has 0 aliphatic carbocycles. The van der Waals surface area contributed by atoms with Crippen molar-refractivity contribution in [2.45, 2.75) is 6.04 Å². The average Bonchev–Trinajstić information content (AvgIpc) is 1.97. The van der Waals surface area contributed by atoms with Crippen LogP contribution in [0, 0.1) is 0 Å². The van der Waals surface area contributed by atoms with E-state index in [1.165, 1.54) is 5.41 Å². The summed E-state index contributed by atoms with van der Waals surface area (Å²) in [5.41, 5.74) is 5.13. The molecule has 6 heteroatoms. The standard InChI is InChI=1S/C6H9NO4S/c7-4(6(10)11)3-12-2-1-5(8)9/h1-2,4H,3,7H2,(H,8,9)(H,10,11)/b2-1-/t4-/m0/s1. The molecule has 0 unspecified atom stereocenters. The van der Waals surface area contributed by atoms with Crippen LogP contribution in [0.25, 0.3) is 0 Å². The fraction of sp³-hybridized carbons (Fsp3) is 0.333. The molecule has 5 nitrogen and oxygen atoms in total. The number of rotatable bonds is 5. The second-order valence-corrected chi connectivity index (χ2v) is 2.86. The Bertz CT molecular complexity index is 204. The summed E-state index contributed by atoms with van der Waals surface area (Å²) in [7, 11) is 0. The third kappa shape index (κ3) is 5.75. The van der Waals surface area contributed by atoms with E-state index in [0.717, 1.165) is 17.8 Å². The van der Waals surface area contributed by atoms with Crippen LogP contribution < -0.4 is 5.73 Å². The van der Waals surface area contributed by atoms with Gasteiger partial charge < -0.3 is 15.9 Å². The third-order valence-corrected chi connectivity index (χ3v) is 1.78. The number of carboxylic acids is 2. The molecule has 0 aliphatic rings. The van der Waals surface area contributed by atoms with Crippen LogP contribution in [-0.2, 0) is 9.59 Å². The number of carboxylic acid groups (broad SMARTS) is 2. The van der Waals surface area contributed by atoms with E-state index in [1.807, 2.05) is 0 Å². The molecule has 68 valence electrons. The molecule has 0 fully saturated rings. The lowest BCUT2D eigenvalue weighted by Gasteiger charge is -2.01. The molecule has 0 rings (SSSR count). The van der Waals surface area contributed by atoms with Crippen LogP contribution in [0.2, 0.25) is 0 Å². The summed E-state index contributed by atoms with van der Waals surface area (Å²) in [5.74, 6) is -1.99. The van der Waals surface area contributed by atoms with E-state index < -0.39 is 18.0 Å². The first kappa shape index (κ1) is 11.0. The minimum Gasteiger partial charge on any atom is -0.480 e. The molecule has 0 saturated carbocycles. The van der Waals surface area contributed by atoms with E-state index in [0.29, 0.717) is 0 Å². The van der Waals surface area contributed by atoms with E-state index in [2.05, 4.69) is 0 Å². The smallest absolute Gasteiger partial charge is 0.328 e. The van der Waals surface area contributed by atoms with Gasteiger partial charge in [0.15, 0.2) is 0 Å². The maximum absolute atomic E-state index is 10.1. The van der Waals surface area contributed by atoms with Crippen LogP contribution in [0.4, 0.5) is 0 Å². The first-order valence-corrected chi connectivity index (χ1v) is 4.08. The van der Waals surface area contributed by atoms with Gasteiger partial charge in [-0.05, 0) is 5.41 Å². The fourth-order valence-corrected chi connectivity index (χ4v) is 1.01. The molecule has 0 spiro atoms. The minimum absolute atomic E-state index is 0.166. The normalized spacial score (nSPS) is 13.1. The summed E-state index contributed by atoms with van der Waals surface area (Å²) in [6.07, 6.45) is 0.930. The van der Waals surface area contributed by atoms with Crippen LogP contribution >= 0.6 is 11.8 Å². The van der Waals surface area contributed by atoms with Gasteiger partial charge in [-0.3, -0.25) is 4.79 Å². The van der Waals surface area contributed by atoms with Crippen molar-refractivity contribution in [2.24, 2.45) is 5.73 Å². The molecule has 0 aromatic heterocycles. The van der Waals surface area contributed by atoms with Gasteiger partial charge in [-0.15, -0.1) is 11.8 Å². The van der Waals surface area contributed by atoms with E-state index in [-0.39, 0.29) is 5.75 Å². The zero-order valence-corrected chi connectivity index (χ0v) is 6.95. The Labute approximate surface area is 73.2 Å². The highest BCUT2D eigenvalue weighted by Crippen LogP contribution is 2.03. The lowest BCUT2D eigenvalue weighted by molar-refractivity contribution is -0.138. The van der Waals surface area contributed by atoms with Crippen molar-refractivity contribution in [1.82, 2.24) is 0 Å². The van der Waals surface area contributed by atoms with Gasteiger partial charge in [0.05, 0.1) is 0 Å². The number of nitrogens with two attached hydrogens (primary N) is 1. The second kappa shape index (κ2) is 5.62. The summed E-state index contributed by atoms with van der Waals surface area (Å²) in [6.45, 7) is 0. The Hall–Kier alpha value is -1.01. The first-order valence-electron chi connectivity index (χ1n) is 3.03. The first-order chi connectivity index (χ1) is 5.54. The van der Waals surface area contributed by atoms with Crippen LogP contribution in [0.3, 0.4) is 0 Å². The molecule has 12 heavy (non-hydrogen) atoms. The Balaban J connectivity index is 3.56. The highest BCUT2D eigenvalue weighted by molar-refractivity contribution is 8.02. The van der Waals surface area contributed by atoms with Crippen molar-refractivity contribution in [3.63, 3.8) is 0 Å². The van der Waals surface area contributed by atoms with Gasteiger partial charge in [0, 0.05) is 11.8 Å². The van der Waals surface area contributed by atoms with Crippen molar-refractivity contribution in [3.8, 4) is 0 Å². The van der Waals surface area contributed by atoms with Gasteiger partial charge >= 0.3 is 11.9 Å². The molecule has 0 aromatic carbocycles. The molecule has 0 heterocycles. The number of thioether (sulfide) groups is 1. The van der Waals surface area contributed by atoms with Gasteiger partial charge in [0.2, 0.25) is 0 Å². The maximum atomic E-state index is 10.1. The molecule has 4 N–H and O–H groups in total. The average molecular weight is 191 g/mol. The van der Waals surface area contributed by atoms with Crippen molar-refractivity contribution in [2.75, 3.05) is 5.75 Å². The molecule has 0 aliphatic heterocycles. The molecular formula is C6H9NO4S. The summed E-state index contributed by atoms with van der Waals surface area (Å²) < 4.78 is 0. The third-order valence-electron chi connectivity index (χ3n) is 0.900. The van der Waals surface area contributed by atoms with E-state index in [4.69, 9.17) is 15.9 Å². The summed E-state index contributed by atoms with van der Waals surface area (Å²) in [6, 6.07) is -0.951. The Morgan fingerprint density at radius 3 is 2.50 bits per heavy atom. The van der Waals surface area contributed by atoms with E-state index >= 15 is 0 Å². The molecule has 0 saturated heterocycles. The summed E-state index contributed by atoms with van der Waals surface area (Å²) in [4.78, 5) is 20.1. The molecular weight excluding hydrogens is 182 g/mol. The van der Waals surface area contributed by atoms with Crippen molar-refractivity contribution >= 4 is 23.7 Å². The van der Waals surface area contributed by atoms with Crippen molar-refractivity contribution < 1.29 is 19.8 Å². The van der Waals surface area contributed by atoms with Gasteiger partial charge in [-0.25, -0.2) is 4.79 Å². The number of hydrogen-bond donors (Lipinski definition) is 3. The number of carbonyl (C=O) groups is 2. The highest BCUT2D eigenvalue weighted by atomic mass is 32.2. The SMILES string of the molecule is N[C@@H](CS/C=C\C(=O)O)C(=O)O. The van der Waals surface area contributed by atoms with Crippen LogP contribution in [-0.4, -0.2) is 33.9 Å². The fourth-order valence-electron chi connectivity index (χ4n) is 0.337. The minimum atomic E-state index is -1.09. The maximum Gasteiger partial charge on any atom is 0.328 e. The largest absolute Gasteiger partial charge is 0.480 e. The van der Waals surface area contributed by atoms with Gasteiger partial charge in [0.25, 0.3) is 0 Å². The van der Waals surface area contributed by atoms with Gasteiger partial charge in [0.1, 0.15) is 6.04 Å². The monoisotopic (exact) mass is 191 g/mol. The lowest BCUT2D eigenvalue weighted by atomic mass is 10.4. The molecule has 0 bridgehead atoms. The second-order valence-electron chi connectivity index (χ2n) is 1.92. The number of hydrogen-bond acceptors (Lipinski definition) is 4.